The van der Waals surface area contributed by atoms with E-state index in [4.69, 9.17) is 9.72 Å². The number of nitrogens with zero attached hydrogens (tertiary/aromatic N) is 5. The molecule has 0 saturated heterocycles. The second kappa shape index (κ2) is 15.4. The Bertz CT molecular complexity index is 4010. The number of hydrogen-bond donors (Lipinski definition) is 0. The predicted octanol–water partition coefficient (Wildman–Crippen LogP) is 14.3. The second-order valence-corrected chi connectivity index (χ2v) is 18.3. The summed E-state index contributed by atoms with van der Waals surface area (Å²) in [6.07, 6.45) is 0. The molecule has 14 rings (SSSR count). The van der Waals surface area contributed by atoms with Crippen molar-refractivity contribution in [3.8, 4) is 78.6 Å². The Balaban J connectivity index is 0.904. The van der Waals surface area contributed by atoms with Crippen molar-refractivity contribution in [2.45, 2.75) is 0 Å². The Kier molecular flexibility index (Phi) is 8.37. The fraction of sp³-hybridized carbons (Fsp3) is 0. The minimum absolute atomic E-state index is 0.0680. The molecule has 0 atom stereocenters. The average molecular weight is 1050 g/mol. The quantitative estimate of drug-likeness (QED) is 0.149. The summed E-state index contributed by atoms with van der Waals surface area (Å²) in [7, 11) is 0. The Morgan fingerprint density at radius 1 is 0.441 bits per heavy atom. The number of ether oxygens (including phenoxy) is 1. The van der Waals surface area contributed by atoms with Gasteiger partial charge in [-0.25, -0.2) is 0 Å². The number of aromatic nitrogens is 3. The molecule has 3 aliphatic rings. The number of pyridine rings is 1. The number of benzene rings is 9. The van der Waals surface area contributed by atoms with Gasteiger partial charge in [0.2, 0.25) is 0 Å². The molecule has 8 heteroatoms. The monoisotopic (exact) mass is 1050 g/mol. The van der Waals surface area contributed by atoms with Crippen molar-refractivity contribution < 1.29 is 26.8 Å². The maximum absolute atomic E-state index is 9.66. The SMILES string of the molecule is [2H]c1c(Oc2cccc(-n3[c](=[Pt])n(-c4c(-c5ccccc5)cccc4-c4ccc(-c5ccccc5)cc4)c4ccccc43)c2)nc2c(c1[2H])-c1cccc3c1B1N(c4ccccc4-3)c3ccccc3N12. The van der Waals surface area contributed by atoms with Gasteiger partial charge < -0.3 is 0 Å². The van der Waals surface area contributed by atoms with E-state index >= 15 is 0 Å². The summed E-state index contributed by atoms with van der Waals surface area (Å²) in [6.45, 7) is -0.220. The van der Waals surface area contributed by atoms with Crippen molar-refractivity contribution in [1.82, 2.24) is 14.1 Å². The van der Waals surface area contributed by atoms with Crippen LogP contribution in [0.3, 0.4) is 0 Å². The molecule has 0 unspecified atom stereocenters. The summed E-state index contributed by atoms with van der Waals surface area (Å²) < 4.78 is 31.5. The molecule has 0 saturated carbocycles. The zero-order valence-corrected chi connectivity index (χ0v) is 38.6. The molecule has 0 fully saturated rings. The van der Waals surface area contributed by atoms with Gasteiger partial charge in [0.25, 0.3) is 0 Å². The number of anilines is 4. The van der Waals surface area contributed by atoms with Crippen molar-refractivity contribution in [2.24, 2.45) is 0 Å². The minimum atomic E-state index is -0.220. The molecule has 11 aromatic rings. The molecule has 0 spiro atoms. The summed E-state index contributed by atoms with van der Waals surface area (Å²) in [4.78, 5) is 9.85. The topological polar surface area (TPSA) is 38.5 Å². The van der Waals surface area contributed by atoms with E-state index in [2.05, 4.69) is 226 Å². The summed E-state index contributed by atoms with van der Waals surface area (Å²) in [6, 6.07) is 76.3. The van der Waals surface area contributed by atoms with Crippen molar-refractivity contribution in [3.05, 3.63) is 234 Å². The van der Waals surface area contributed by atoms with Crippen LogP contribution in [0.2, 0.25) is 0 Å². The van der Waals surface area contributed by atoms with Crippen LogP contribution in [0.15, 0.2) is 230 Å². The van der Waals surface area contributed by atoms with Gasteiger partial charge in [-0.1, -0.05) is 42.5 Å². The molecular weight excluding hydrogens is 1010 g/mol. The third-order valence-electron chi connectivity index (χ3n) is 13.6. The Morgan fingerprint density at radius 3 is 1.71 bits per heavy atom. The standard InChI is InChI=1S/C60H38BN5O.Pt/c1-3-16-40(17-4-1)41-32-34-43(35-33-41)47-24-14-23-46(42-18-5-2-6-19-42)59(47)64-39-63(53-28-9-10-29-54(53)64)44-20-13-21-45(38-44)67-57-37-36-51-50-26-15-25-49-48-22-7-8-27-52(48)65-55-30-11-12-31-56(55)66(60(51)62-57)61(65)58(49)50;/h1-38H;/i36D,37D;. The zero-order valence-electron chi connectivity index (χ0n) is 38.3. The van der Waals surface area contributed by atoms with Crippen LogP contribution in [0.1, 0.15) is 2.74 Å². The van der Waals surface area contributed by atoms with Gasteiger partial charge in [0, 0.05) is 11.3 Å². The molecule has 9 aromatic carbocycles. The molecule has 0 amide bonds. The Morgan fingerprint density at radius 2 is 0.971 bits per heavy atom. The first kappa shape index (κ1) is 36.9. The van der Waals surface area contributed by atoms with Gasteiger partial charge in [0.05, 0.1) is 0 Å². The number of fused-ring (bicyclic) bond motifs is 10. The van der Waals surface area contributed by atoms with Crippen LogP contribution >= 0.6 is 0 Å². The number of para-hydroxylation sites is 6. The fourth-order valence-electron chi connectivity index (χ4n) is 10.7. The van der Waals surface area contributed by atoms with E-state index in [1.165, 1.54) is 11.1 Å². The van der Waals surface area contributed by atoms with Crippen molar-refractivity contribution in [3.63, 3.8) is 0 Å². The summed E-state index contributed by atoms with van der Waals surface area (Å²) >= 11 is 2.46. The fourth-order valence-corrected chi connectivity index (χ4v) is 11.8. The Labute approximate surface area is 407 Å². The first-order valence-electron chi connectivity index (χ1n) is 23.7. The average Bonchev–Trinajstić information content (AvgIpc) is 3.92. The van der Waals surface area contributed by atoms with Gasteiger partial charge in [0.15, 0.2) is 0 Å². The van der Waals surface area contributed by atoms with E-state index in [-0.39, 0.29) is 24.9 Å². The number of hydrogen-bond acceptors (Lipinski definition) is 4. The summed E-state index contributed by atoms with van der Waals surface area (Å²) in [5.74, 6) is 1.19. The van der Waals surface area contributed by atoms with Crippen molar-refractivity contribution in [2.75, 3.05) is 9.62 Å². The van der Waals surface area contributed by atoms with Crippen LogP contribution in [0.4, 0.5) is 22.9 Å². The predicted molar refractivity (Wildman–Crippen MR) is 273 cm³/mol. The van der Waals surface area contributed by atoms with E-state index in [1.54, 1.807) is 0 Å². The van der Waals surface area contributed by atoms with Crippen LogP contribution in [-0.2, 0) is 19.4 Å². The summed E-state index contributed by atoms with van der Waals surface area (Å²) in [5.41, 5.74) is 19.0. The number of rotatable bonds is 7. The molecule has 0 aliphatic carbocycles. The van der Waals surface area contributed by atoms with Gasteiger partial charge >= 0.3 is 338 Å². The molecule has 5 heterocycles. The van der Waals surface area contributed by atoms with Crippen molar-refractivity contribution in [1.29, 1.82) is 0 Å². The van der Waals surface area contributed by atoms with E-state index in [1.807, 2.05) is 30.3 Å². The molecule has 0 N–H and O–H groups in total. The molecule has 2 aromatic heterocycles. The molecular formula is C60H38BN5OPt. The molecule has 68 heavy (non-hydrogen) atoms. The van der Waals surface area contributed by atoms with Crippen LogP contribution in [0.5, 0.6) is 11.6 Å². The maximum atomic E-state index is 9.66. The van der Waals surface area contributed by atoms with E-state index < -0.39 is 0 Å². The van der Waals surface area contributed by atoms with E-state index in [0.717, 1.165) is 87.7 Å². The van der Waals surface area contributed by atoms with Crippen LogP contribution in [0, 0.1) is 3.80 Å². The number of imidazole rings is 1. The van der Waals surface area contributed by atoms with E-state index in [0.29, 0.717) is 17.1 Å². The van der Waals surface area contributed by atoms with Crippen LogP contribution in [0.25, 0.3) is 78.0 Å². The van der Waals surface area contributed by atoms with Gasteiger partial charge in [-0.15, -0.1) is 0 Å². The van der Waals surface area contributed by atoms with Gasteiger partial charge in [-0.2, -0.15) is 0 Å². The Hall–Kier alpha value is -8.25. The van der Waals surface area contributed by atoms with Crippen LogP contribution in [-0.4, -0.2) is 21.1 Å². The molecule has 0 radical (unpaired) electrons. The second-order valence-electron chi connectivity index (χ2n) is 17.3. The van der Waals surface area contributed by atoms with Gasteiger partial charge in [-0.3, -0.25) is 0 Å². The van der Waals surface area contributed by atoms with Gasteiger partial charge in [0.1, 0.15) is 0 Å². The van der Waals surface area contributed by atoms with Gasteiger partial charge in [-0.05, 0) is 17.7 Å². The van der Waals surface area contributed by atoms with Crippen molar-refractivity contribution >= 4 is 46.4 Å². The molecule has 3 aliphatic heterocycles. The first-order chi connectivity index (χ1) is 34.5. The third kappa shape index (κ3) is 5.89. The van der Waals surface area contributed by atoms with E-state index in [9.17, 15) is 2.74 Å². The zero-order chi connectivity index (χ0) is 46.6. The summed E-state index contributed by atoms with van der Waals surface area (Å²) in [5, 5.41) is 0. The molecule has 0 bridgehead atoms. The van der Waals surface area contributed by atoms with Crippen LogP contribution < -0.4 is 19.8 Å². The first-order valence-corrected chi connectivity index (χ1v) is 23.9. The molecule has 6 nitrogen and oxygen atoms in total. The molecule has 322 valence electrons. The third-order valence-corrected chi connectivity index (χ3v) is 14.6. The normalized spacial score (nSPS) is 13.1.